The first kappa shape index (κ1) is 43.4. The smallest absolute Gasteiger partial charge is 0.263 e. The van der Waals surface area contributed by atoms with Crippen LogP contribution in [0.25, 0.3) is 11.0 Å². The molecule has 342 valence electrons. The Kier molecular flexibility index (Phi) is 11.4. The van der Waals surface area contributed by atoms with Crippen LogP contribution in [0.2, 0.25) is 0 Å². The number of likely N-dealkylation sites (tertiary alicyclic amines) is 1. The first-order valence-electron chi connectivity index (χ1n) is 23.4. The lowest BCUT2D eigenvalue weighted by Crippen LogP contribution is -2.52. The Hall–Kier alpha value is -6.52. The van der Waals surface area contributed by atoms with Crippen molar-refractivity contribution in [3.8, 4) is 0 Å². The predicted octanol–water partition coefficient (Wildman–Crippen LogP) is 5.69. The van der Waals surface area contributed by atoms with E-state index in [4.69, 9.17) is 9.97 Å². The maximum Gasteiger partial charge on any atom is 0.263 e. The summed E-state index contributed by atoms with van der Waals surface area (Å²) in [5, 5.41) is 18.2. The fourth-order valence-electron chi connectivity index (χ4n) is 10.9. The summed E-state index contributed by atoms with van der Waals surface area (Å²) in [5.41, 5.74) is 5.66. The van der Waals surface area contributed by atoms with Gasteiger partial charge in [-0.2, -0.15) is 4.98 Å². The minimum absolute atomic E-state index is 0.00484. The summed E-state index contributed by atoms with van der Waals surface area (Å²) in [6, 6.07) is 17.9. The van der Waals surface area contributed by atoms with Gasteiger partial charge in [-0.3, -0.25) is 38.8 Å². The molecule has 7 heterocycles. The number of pyridine rings is 2. The number of fused-ring (bicyclic) bond motifs is 2. The van der Waals surface area contributed by atoms with Gasteiger partial charge in [0.05, 0.1) is 23.0 Å². The largest absolute Gasteiger partial charge is 0.385 e. The summed E-state index contributed by atoms with van der Waals surface area (Å²) in [6.45, 7) is 10.6. The first-order valence-corrected chi connectivity index (χ1v) is 23.4. The number of carbonyl (C=O) groups excluding carboxylic acids is 4. The van der Waals surface area contributed by atoms with Gasteiger partial charge in [-0.25, -0.2) is 9.97 Å². The molecule has 1 saturated carbocycles. The fourth-order valence-corrected chi connectivity index (χ4v) is 10.9. The molecule has 5 aliphatic rings. The van der Waals surface area contributed by atoms with Gasteiger partial charge in [0.1, 0.15) is 17.5 Å². The molecule has 3 N–H and O–H groups in total. The number of Topliss-reactive ketones (excluding diaryl/α,β-unsaturated/α-hetero) is 1. The van der Waals surface area contributed by atoms with Crippen molar-refractivity contribution >= 4 is 57.7 Å². The highest BCUT2D eigenvalue weighted by atomic mass is 16.3. The number of aliphatic hydroxyl groups is 1. The van der Waals surface area contributed by atoms with Crippen molar-refractivity contribution in [3.63, 3.8) is 0 Å². The standard InChI is InChI=1S/C50H56N10O6/c1-30-40-28-52-49(55-45(40)60(37-6-4-5-7-37)48(65)44(30)32(3)61)53-42-16-13-38(27-51-42)58-24-22-57(23-25-58)36-11-8-33(9-12-36)31(2)56-20-18-50(66,19-21-56)35-10-14-39-34(26-35)29-59(47(39)64)41-15-17-43(62)54-46(41)63/h8-14,16,26-28,31,37,41,66H,4-7,15,17-25,29H2,1-3H3,(H,54,62,63)(H,51,52,53,55)/t31-,41?/m1/s1. The quantitative estimate of drug-likeness (QED) is 0.115. The maximum absolute atomic E-state index is 13.6. The third-order valence-electron chi connectivity index (χ3n) is 14.9. The minimum atomic E-state index is -1.02. The minimum Gasteiger partial charge on any atom is -0.385 e. The molecular formula is C50H56N10O6. The Morgan fingerprint density at radius 1 is 0.864 bits per heavy atom. The highest BCUT2D eigenvalue weighted by Gasteiger charge is 2.41. The van der Waals surface area contributed by atoms with Crippen LogP contribution < -0.4 is 26.0 Å². The molecular weight excluding hydrogens is 837 g/mol. The monoisotopic (exact) mass is 892 g/mol. The second-order valence-electron chi connectivity index (χ2n) is 18.7. The molecule has 2 aromatic carbocycles. The van der Waals surface area contributed by atoms with E-state index in [0.29, 0.717) is 53.2 Å². The highest BCUT2D eigenvalue weighted by molar-refractivity contribution is 6.05. The summed E-state index contributed by atoms with van der Waals surface area (Å²) in [6.07, 6.45) is 9.04. The molecule has 4 aliphatic heterocycles. The Labute approximate surface area is 383 Å². The average Bonchev–Trinajstić information content (AvgIpc) is 3.97. The number of nitrogens with zero attached hydrogens (tertiary/aromatic N) is 8. The molecule has 3 aromatic heterocycles. The van der Waals surface area contributed by atoms with Crippen LogP contribution in [-0.4, -0.2) is 103 Å². The molecule has 1 aliphatic carbocycles. The molecule has 3 saturated heterocycles. The van der Waals surface area contributed by atoms with Crippen LogP contribution in [0.1, 0.15) is 120 Å². The van der Waals surface area contributed by atoms with E-state index in [1.54, 1.807) is 28.7 Å². The molecule has 0 radical (unpaired) electrons. The van der Waals surface area contributed by atoms with E-state index >= 15 is 0 Å². The topological polar surface area (TPSA) is 186 Å². The number of rotatable bonds is 10. The number of anilines is 4. The molecule has 5 aromatic rings. The number of nitrogens with one attached hydrogen (secondary N) is 2. The molecule has 66 heavy (non-hydrogen) atoms. The number of aromatic nitrogens is 4. The van der Waals surface area contributed by atoms with Crippen molar-refractivity contribution in [1.29, 1.82) is 0 Å². The number of ketones is 1. The average molecular weight is 893 g/mol. The Morgan fingerprint density at radius 2 is 1.56 bits per heavy atom. The van der Waals surface area contributed by atoms with E-state index in [2.05, 4.69) is 61.5 Å². The molecule has 4 fully saturated rings. The van der Waals surface area contributed by atoms with Crippen molar-refractivity contribution < 1.29 is 24.3 Å². The van der Waals surface area contributed by atoms with Crippen LogP contribution in [0.4, 0.5) is 23.1 Å². The van der Waals surface area contributed by atoms with E-state index < -0.39 is 17.6 Å². The first-order chi connectivity index (χ1) is 31.8. The molecule has 0 bridgehead atoms. The normalized spacial score (nSPS) is 20.8. The summed E-state index contributed by atoms with van der Waals surface area (Å²) < 4.78 is 1.72. The predicted molar refractivity (Wildman–Crippen MR) is 250 cm³/mol. The second kappa shape index (κ2) is 17.4. The fraction of sp³-hybridized carbons (Fsp3) is 0.440. The lowest BCUT2D eigenvalue weighted by Gasteiger charge is -2.41. The van der Waals surface area contributed by atoms with Gasteiger partial charge in [0.15, 0.2) is 5.78 Å². The zero-order chi connectivity index (χ0) is 45.9. The number of hydrogen-bond donors (Lipinski definition) is 3. The number of carbonyl (C=O) groups is 4. The van der Waals surface area contributed by atoms with Gasteiger partial charge in [0.2, 0.25) is 17.8 Å². The van der Waals surface area contributed by atoms with E-state index in [0.717, 1.165) is 81.8 Å². The Bertz CT molecular complexity index is 2790. The zero-order valence-corrected chi connectivity index (χ0v) is 37.8. The van der Waals surface area contributed by atoms with Crippen molar-refractivity contribution in [3.05, 3.63) is 111 Å². The lowest BCUT2D eigenvalue weighted by atomic mass is 9.82. The van der Waals surface area contributed by atoms with Gasteiger partial charge in [-0.1, -0.05) is 37.1 Å². The number of aryl methyl sites for hydroxylation is 1. The van der Waals surface area contributed by atoms with E-state index in [1.807, 2.05) is 30.5 Å². The highest BCUT2D eigenvalue weighted by Crippen LogP contribution is 2.39. The van der Waals surface area contributed by atoms with Gasteiger partial charge in [0.25, 0.3) is 11.5 Å². The SMILES string of the molecule is CC(=O)c1c(C)c2cnc(Nc3ccc(N4CCN(c5ccc([C@@H](C)N6CCC(O)(c7ccc8c(c7)CN(C7CCC(=O)NC7=O)C8=O)CC6)cc5)CC4)cn3)nc2n(C2CCCC2)c1=O. The molecule has 16 nitrogen and oxygen atoms in total. The van der Waals surface area contributed by atoms with Crippen LogP contribution in [0.15, 0.2) is 71.8 Å². The third-order valence-corrected chi connectivity index (χ3v) is 14.9. The van der Waals surface area contributed by atoms with Crippen molar-refractivity contribution in [2.24, 2.45) is 0 Å². The lowest BCUT2D eigenvalue weighted by molar-refractivity contribution is -0.136. The number of piperidine rings is 2. The van der Waals surface area contributed by atoms with Gasteiger partial charge in [-0.05, 0) is 105 Å². The van der Waals surface area contributed by atoms with Crippen LogP contribution in [0.3, 0.4) is 0 Å². The van der Waals surface area contributed by atoms with Gasteiger partial charge >= 0.3 is 0 Å². The molecule has 0 spiro atoms. The second-order valence-corrected chi connectivity index (χ2v) is 18.7. The number of imide groups is 1. The van der Waals surface area contributed by atoms with Crippen molar-refractivity contribution in [2.45, 2.75) is 102 Å². The Balaban J connectivity index is 0.724. The molecule has 3 amide bonds. The molecule has 16 heteroatoms. The number of amides is 3. The number of benzene rings is 2. The van der Waals surface area contributed by atoms with Gasteiger partial charge < -0.3 is 25.1 Å². The maximum atomic E-state index is 13.6. The zero-order valence-electron chi connectivity index (χ0n) is 37.8. The summed E-state index contributed by atoms with van der Waals surface area (Å²) in [5.74, 6) is -0.258. The number of piperazine rings is 1. The van der Waals surface area contributed by atoms with Gasteiger partial charge in [0, 0.05) is 87.2 Å². The van der Waals surface area contributed by atoms with Crippen LogP contribution >= 0.6 is 0 Å². The summed E-state index contributed by atoms with van der Waals surface area (Å²) in [4.78, 5) is 86.3. The van der Waals surface area contributed by atoms with E-state index in [-0.39, 0.29) is 53.8 Å². The number of hydrogen-bond acceptors (Lipinski definition) is 13. The van der Waals surface area contributed by atoms with Crippen molar-refractivity contribution in [1.82, 2.24) is 34.6 Å². The molecule has 2 atom stereocenters. The molecule has 10 rings (SSSR count). The van der Waals surface area contributed by atoms with Gasteiger partial charge in [-0.15, -0.1) is 0 Å². The summed E-state index contributed by atoms with van der Waals surface area (Å²) >= 11 is 0. The van der Waals surface area contributed by atoms with E-state index in [1.165, 1.54) is 18.2 Å². The van der Waals surface area contributed by atoms with E-state index in [9.17, 15) is 29.1 Å². The Morgan fingerprint density at radius 3 is 2.23 bits per heavy atom. The van der Waals surface area contributed by atoms with Crippen LogP contribution in [0.5, 0.6) is 0 Å². The third kappa shape index (κ3) is 7.99. The van der Waals surface area contributed by atoms with Crippen molar-refractivity contribution in [2.75, 3.05) is 54.4 Å². The summed E-state index contributed by atoms with van der Waals surface area (Å²) in [7, 11) is 0. The van der Waals surface area contributed by atoms with Crippen LogP contribution in [0, 0.1) is 6.92 Å². The molecule has 1 unspecified atom stereocenters. The van der Waals surface area contributed by atoms with Crippen LogP contribution in [-0.2, 0) is 21.7 Å².